The predicted molar refractivity (Wildman–Crippen MR) is 121 cm³/mol. The highest BCUT2D eigenvalue weighted by atomic mass is 35.5. The van der Waals surface area contributed by atoms with E-state index in [9.17, 15) is 9.59 Å². The molecule has 2 heterocycles. The SMILES string of the molecule is O=C(N[C@@H](Cc1ccccc1)C(=O)N1CCC(=NO)CC1)Oc1cc2cc(Cl)ccc2[nH]1. The third-order valence-electron chi connectivity index (χ3n) is 5.43. The molecule has 0 radical (unpaired) electrons. The lowest BCUT2D eigenvalue weighted by atomic mass is 10.0. The van der Waals surface area contributed by atoms with E-state index in [0.717, 1.165) is 16.5 Å². The molecule has 1 aromatic heterocycles. The molecule has 32 heavy (non-hydrogen) atoms. The van der Waals surface area contributed by atoms with E-state index in [1.165, 1.54) is 0 Å². The number of amides is 2. The fourth-order valence-electron chi connectivity index (χ4n) is 3.76. The van der Waals surface area contributed by atoms with Gasteiger partial charge in [0.25, 0.3) is 0 Å². The fraction of sp³-hybridized carbons (Fsp3) is 0.261. The van der Waals surface area contributed by atoms with Crippen molar-refractivity contribution in [3.8, 4) is 5.88 Å². The number of ether oxygens (including phenoxy) is 1. The van der Waals surface area contributed by atoms with Gasteiger partial charge in [0.15, 0.2) is 0 Å². The van der Waals surface area contributed by atoms with Gasteiger partial charge in [-0.15, -0.1) is 0 Å². The average Bonchev–Trinajstić information content (AvgIpc) is 3.20. The zero-order chi connectivity index (χ0) is 22.5. The number of benzene rings is 2. The molecule has 1 saturated heterocycles. The number of hydrogen-bond acceptors (Lipinski definition) is 5. The highest BCUT2D eigenvalue weighted by Crippen LogP contribution is 2.23. The standard InChI is InChI=1S/C23H23ClN4O4/c24-17-6-7-19-16(13-17)14-21(25-19)32-23(30)26-20(12-15-4-2-1-3-5-15)22(29)28-10-8-18(27-31)9-11-28/h1-7,13-14,20,25,31H,8-12H2,(H,26,30)/t20-/m0/s1. The molecule has 0 spiro atoms. The number of carbonyl (C=O) groups excluding carboxylic acids is 2. The van der Waals surface area contributed by atoms with Crippen molar-refractivity contribution in [2.45, 2.75) is 25.3 Å². The van der Waals surface area contributed by atoms with E-state index in [1.807, 2.05) is 30.3 Å². The first-order valence-corrected chi connectivity index (χ1v) is 10.7. The van der Waals surface area contributed by atoms with Gasteiger partial charge in [0, 0.05) is 54.3 Å². The molecule has 2 aromatic carbocycles. The topological polar surface area (TPSA) is 107 Å². The van der Waals surface area contributed by atoms with E-state index in [2.05, 4.69) is 15.5 Å². The second-order valence-corrected chi connectivity index (χ2v) is 8.07. The van der Waals surface area contributed by atoms with Crippen LogP contribution >= 0.6 is 11.6 Å². The van der Waals surface area contributed by atoms with Crippen LogP contribution in [-0.2, 0) is 11.2 Å². The summed E-state index contributed by atoms with van der Waals surface area (Å²) >= 11 is 6.01. The van der Waals surface area contributed by atoms with Gasteiger partial charge in [-0.3, -0.25) is 4.79 Å². The monoisotopic (exact) mass is 454 g/mol. The number of carbonyl (C=O) groups is 2. The zero-order valence-electron chi connectivity index (χ0n) is 17.3. The molecule has 0 aliphatic carbocycles. The number of hydrogen-bond donors (Lipinski definition) is 3. The number of H-pyrrole nitrogens is 1. The normalized spacial score (nSPS) is 14.8. The first kappa shape index (κ1) is 21.7. The van der Waals surface area contributed by atoms with Crippen LogP contribution in [0, 0.1) is 0 Å². The zero-order valence-corrected chi connectivity index (χ0v) is 18.0. The minimum absolute atomic E-state index is 0.203. The van der Waals surface area contributed by atoms with Gasteiger partial charge in [0.2, 0.25) is 11.8 Å². The van der Waals surface area contributed by atoms with Crippen LogP contribution in [0.1, 0.15) is 18.4 Å². The minimum Gasteiger partial charge on any atom is -0.411 e. The van der Waals surface area contributed by atoms with Crippen LogP contribution in [0.25, 0.3) is 10.9 Å². The molecule has 1 fully saturated rings. The molecule has 1 aliphatic rings. The van der Waals surface area contributed by atoms with Crippen LogP contribution in [0.4, 0.5) is 4.79 Å². The Morgan fingerprint density at radius 1 is 1.16 bits per heavy atom. The van der Waals surface area contributed by atoms with E-state index in [-0.39, 0.29) is 11.8 Å². The molecule has 8 nitrogen and oxygen atoms in total. The highest BCUT2D eigenvalue weighted by molar-refractivity contribution is 6.31. The molecule has 0 bridgehead atoms. The summed E-state index contributed by atoms with van der Waals surface area (Å²) in [5, 5.41) is 16.3. The average molecular weight is 455 g/mol. The quantitative estimate of drug-likeness (QED) is 0.400. The lowest BCUT2D eigenvalue weighted by Crippen LogP contribution is -2.52. The molecule has 2 amide bonds. The van der Waals surface area contributed by atoms with E-state index in [1.54, 1.807) is 29.2 Å². The summed E-state index contributed by atoms with van der Waals surface area (Å²) in [7, 11) is 0. The molecule has 4 rings (SSSR count). The van der Waals surface area contributed by atoms with Crippen LogP contribution in [-0.4, -0.2) is 51.9 Å². The van der Waals surface area contributed by atoms with E-state index in [4.69, 9.17) is 21.5 Å². The Bertz CT molecular complexity index is 1140. The van der Waals surface area contributed by atoms with Gasteiger partial charge in [0.05, 0.1) is 5.71 Å². The lowest BCUT2D eigenvalue weighted by molar-refractivity contribution is -0.133. The summed E-state index contributed by atoms with van der Waals surface area (Å²) in [6.45, 7) is 0.867. The molecular formula is C23H23ClN4O4. The van der Waals surface area contributed by atoms with Crippen LogP contribution < -0.4 is 10.1 Å². The first-order chi connectivity index (χ1) is 15.5. The Kier molecular flexibility index (Phi) is 6.61. The molecule has 3 N–H and O–H groups in total. The molecule has 166 valence electrons. The number of piperidine rings is 1. The molecule has 9 heteroatoms. The molecular weight excluding hydrogens is 432 g/mol. The number of nitrogens with one attached hydrogen (secondary N) is 2. The largest absolute Gasteiger partial charge is 0.414 e. The summed E-state index contributed by atoms with van der Waals surface area (Å²) in [6.07, 6.45) is 0.603. The van der Waals surface area contributed by atoms with Gasteiger partial charge in [-0.25, -0.2) is 4.79 Å². The summed E-state index contributed by atoms with van der Waals surface area (Å²) < 4.78 is 5.41. The molecule has 0 unspecified atom stereocenters. The lowest BCUT2D eigenvalue weighted by Gasteiger charge is -2.31. The van der Waals surface area contributed by atoms with Crippen molar-refractivity contribution in [1.29, 1.82) is 0 Å². The Balaban J connectivity index is 1.47. The number of aromatic nitrogens is 1. The van der Waals surface area contributed by atoms with Gasteiger partial charge in [-0.1, -0.05) is 47.1 Å². The van der Waals surface area contributed by atoms with Gasteiger partial charge < -0.3 is 25.1 Å². The third kappa shape index (κ3) is 5.20. The molecule has 0 saturated carbocycles. The summed E-state index contributed by atoms with van der Waals surface area (Å²) in [6, 6.07) is 15.7. The Morgan fingerprint density at radius 2 is 1.91 bits per heavy atom. The number of aromatic amines is 1. The maximum absolute atomic E-state index is 13.2. The maximum Gasteiger partial charge on any atom is 0.414 e. The van der Waals surface area contributed by atoms with E-state index in [0.29, 0.717) is 43.1 Å². The van der Waals surface area contributed by atoms with Crippen LogP contribution in [0.3, 0.4) is 0 Å². The third-order valence-corrected chi connectivity index (χ3v) is 5.66. The smallest absolute Gasteiger partial charge is 0.411 e. The first-order valence-electron chi connectivity index (χ1n) is 10.3. The number of rotatable bonds is 5. The van der Waals surface area contributed by atoms with Crippen molar-refractivity contribution < 1.29 is 19.5 Å². The van der Waals surface area contributed by atoms with E-state index >= 15 is 0 Å². The van der Waals surface area contributed by atoms with Crippen molar-refractivity contribution >= 4 is 40.2 Å². The van der Waals surface area contributed by atoms with Crippen molar-refractivity contribution in [3.05, 3.63) is 65.2 Å². The van der Waals surface area contributed by atoms with Crippen molar-refractivity contribution in [2.24, 2.45) is 5.16 Å². The number of halogens is 1. The molecule has 1 aliphatic heterocycles. The van der Waals surface area contributed by atoms with Gasteiger partial charge in [-0.2, -0.15) is 0 Å². The number of nitrogens with zero attached hydrogens (tertiary/aromatic N) is 2. The Hall–Kier alpha value is -3.52. The van der Waals surface area contributed by atoms with Gasteiger partial charge in [0.1, 0.15) is 6.04 Å². The highest BCUT2D eigenvalue weighted by Gasteiger charge is 2.29. The maximum atomic E-state index is 13.2. The second-order valence-electron chi connectivity index (χ2n) is 7.63. The summed E-state index contributed by atoms with van der Waals surface area (Å²) in [5.41, 5.74) is 2.37. The Morgan fingerprint density at radius 3 is 2.62 bits per heavy atom. The van der Waals surface area contributed by atoms with Crippen molar-refractivity contribution in [2.75, 3.05) is 13.1 Å². The van der Waals surface area contributed by atoms with Crippen molar-refractivity contribution in [3.63, 3.8) is 0 Å². The van der Waals surface area contributed by atoms with Gasteiger partial charge in [-0.05, 0) is 23.8 Å². The Labute approximate surface area is 189 Å². The fourth-order valence-corrected chi connectivity index (χ4v) is 3.94. The van der Waals surface area contributed by atoms with Gasteiger partial charge >= 0.3 is 6.09 Å². The molecule has 3 aromatic rings. The molecule has 1 atom stereocenters. The number of oxime groups is 1. The second kappa shape index (κ2) is 9.74. The number of likely N-dealkylation sites (tertiary alicyclic amines) is 1. The van der Waals surface area contributed by atoms with Crippen molar-refractivity contribution in [1.82, 2.24) is 15.2 Å². The van der Waals surface area contributed by atoms with E-state index < -0.39 is 12.1 Å². The summed E-state index contributed by atoms with van der Waals surface area (Å²) in [5.74, 6) is 0.0543. The predicted octanol–water partition coefficient (Wildman–Crippen LogP) is 3.97. The van der Waals surface area contributed by atoms with Crippen LogP contribution in [0.15, 0.2) is 59.8 Å². The van der Waals surface area contributed by atoms with Crippen LogP contribution in [0.2, 0.25) is 5.02 Å². The minimum atomic E-state index is -0.795. The summed E-state index contributed by atoms with van der Waals surface area (Å²) in [4.78, 5) is 30.5. The number of fused-ring (bicyclic) bond motifs is 1. The van der Waals surface area contributed by atoms with Crippen LogP contribution in [0.5, 0.6) is 5.88 Å².